The van der Waals surface area contributed by atoms with Crippen LogP contribution in [0, 0.1) is 0 Å². The lowest BCUT2D eigenvalue weighted by Crippen LogP contribution is -2.09. The highest BCUT2D eigenvalue weighted by molar-refractivity contribution is 6.13. The maximum atomic E-state index is 12.5. The molecule has 0 spiro atoms. The van der Waals surface area contributed by atoms with Gasteiger partial charge >= 0.3 is 11.9 Å². The first-order valence-corrected chi connectivity index (χ1v) is 10.9. The van der Waals surface area contributed by atoms with Gasteiger partial charge in [0, 0.05) is 11.1 Å². The van der Waals surface area contributed by atoms with Crippen LogP contribution in [0.15, 0.2) is 83.5 Å². The molecule has 0 atom stereocenters. The van der Waals surface area contributed by atoms with E-state index in [0.717, 1.165) is 0 Å². The van der Waals surface area contributed by atoms with Crippen LogP contribution >= 0.6 is 0 Å². The van der Waals surface area contributed by atoms with Crippen LogP contribution in [-0.2, 0) is 9.53 Å². The van der Waals surface area contributed by atoms with Gasteiger partial charge in [-0.25, -0.2) is 14.6 Å². The van der Waals surface area contributed by atoms with Crippen LogP contribution in [-0.4, -0.2) is 31.1 Å². The third kappa shape index (κ3) is 5.15. The Balaban J connectivity index is 1.61. The maximum absolute atomic E-state index is 12.5. The van der Waals surface area contributed by atoms with Gasteiger partial charge in [0.1, 0.15) is 5.75 Å². The van der Waals surface area contributed by atoms with Crippen LogP contribution in [0.3, 0.4) is 0 Å². The molecule has 0 saturated carbocycles. The summed E-state index contributed by atoms with van der Waals surface area (Å²) in [6, 6.07) is 20.8. The van der Waals surface area contributed by atoms with E-state index in [9.17, 15) is 9.59 Å². The van der Waals surface area contributed by atoms with Gasteiger partial charge in [-0.05, 0) is 56.3 Å². The summed E-state index contributed by atoms with van der Waals surface area (Å²) in [6.45, 7) is 4.72. The molecule has 3 aromatic rings. The fourth-order valence-corrected chi connectivity index (χ4v) is 3.29. The monoisotopic (exact) mass is 457 g/mol. The number of cyclic esters (lactones) is 1. The molecule has 0 unspecified atom stereocenters. The van der Waals surface area contributed by atoms with Crippen LogP contribution in [0.2, 0.25) is 0 Å². The molecule has 7 heteroatoms. The summed E-state index contributed by atoms with van der Waals surface area (Å²) >= 11 is 0. The highest BCUT2D eigenvalue weighted by Gasteiger charge is 2.25. The fraction of sp³-hybridized carbons (Fsp3) is 0.148. The standard InChI is InChI=1S/C27H23NO6/c1-3-31-23-15-14-20(17-24(23)32-4-2)25-28-21(27(30)34-25)16-19-12-8-9-13-22(19)33-26(29)18-10-6-5-7-11-18/h5-17H,3-4H2,1-2H3/b21-16-. The fourth-order valence-electron chi connectivity index (χ4n) is 3.29. The van der Waals surface area contributed by atoms with Crippen molar-refractivity contribution in [3.8, 4) is 17.2 Å². The van der Waals surface area contributed by atoms with Gasteiger partial charge in [-0.3, -0.25) is 0 Å². The number of rotatable bonds is 8. The second kappa shape index (κ2) is 10.5. The number of aliphatic imine (C=N–C) groups is 1. The Kier molecular flexibility index (Phi) is 7.03. The van der Waals surface area contributed by atoms with Crippen molar-refractivity contribution in [2.45, 2.75) is 13.8 Å². The number of ether oxygens (including phenoxy) is 4. The summed E-state index contributed by atoms with van der Waals surface area (Å²) in [5.41, 5.74) is 1.61. The molecular weight excluding hydrogens is 434 g/mol. The van der Waals surface area contributed by atoms with E-state index < -0.39 is 11.9 Å². The van der Waals surface area contributed by atoms with Gasteiger partial charge in [0.25, 0.3) is 0 Å². The normalized spacial score (nSPS) is 13.9. The molecule has 1 aliphatic rings. The van der Waals surface area contributed by atoms with E-state index in [-0.39, 0.29) is 11.6 Å². The number of carbonyl (C=O) groups excluding carboxylic acids is 2. The van der Waals surface area contributed by atoms with E-state index in [4.69, 9.17) is 18.9 Å². The quantitative estimate of drug-likeness (QED) is 0.268. The van der Waals surface area contributed by atoms with Gasteiger partial charge in [0.15, 0.2) is 17.2 Å². The van der Waals surface area contributed by atoms with Crippen LogP contribution in [0.1, 0.15) is 35.3 Å². The molecular formula is C27H23NO6. The second-order valence-electron chi connectivity index (χ2n) is 7.16. The van der Waals surface area contributed by atoms with Crippen LogP contribution < -0.4 is 14.2 Å². The van der Waals surface area contributed by atoms with Crippen molar-refractivity contribution in [3.63, 3.8) is 0 Å². The molecule has 0 bridgehead atoms. The Hall–Kier alpha value is -4.39. The highest BCUT2D eigenvalue weighted by Crippen LogP contribution is 2.31. The lowest BCUT2D eigenvalue weighted by molar-refractivity contribution is -0.129. The highest BCUT2D eigenvalue weighted by atomic mass is 16.6. The minimum atomic E-state index is -0.606. The van der Waals surface area contributed by atoms with E-state index in [2.05, 4.69) is 4.99 Å². The average Bonchev–Trinajstić information content (AvgIpc) is 3.22. The summed E-state index contributed by atoms with van der Waals surface area (Å²) in [7, 11) is 0. The van der Waals surface area contributed by atoms with Crippen molar-refractivity contribution in [1.82, 2.24) is 0 Å². The van der Waals surface area contributed by atoms with E-state index in [0.29, 0.717) is 47.2 Å². The minimum Gasteiger partial charge on any atom is -0.490 e. The molecule has 0 radical (unpaired) electrons. The van der Waals surface area contributed by atoms with E-state index >= 15 is 0 Å². The summed E-state index contributed by atoms with van der Waals surface area (Å²) < 4.78 is 22.2. The summed E-state index contributed by atoms with van der Waals surface area (Å²) in [5.74, 6) is 0.492. The molecule has 1 aliphatic heterocycles. The Morgan fingerprint density at radius 3 is 2.35 bits per heavy atom. The van der Waals surface area contributed by atoms with Gasteiger partial charge in [0.05, 0.1) is 18.8 Å². The molecule has 0 amide bonds. The number of hydrogen-bond acceptors (Lipinski definition) is 7. The van der Waals surface area contributed by atoms with E-state index in [1.54, 1.807) is 66.7 Å². The maximum Gasteiger partial charge on any atom is 0.363 e. The van der Waals surface area contributed by atoms with Crippen molar-refractivity contribution in [3.05, 3.63) is 95.2 Å². The van der Waals surface area contributed by atoms with Crippen molar-refractivity contribution in [2.75, 3.05) is 13.2 Å². The molecule has 7 nitrogen and oxygen atoms in total. The van der Waals surface area contributed by atoms with Crippen molar-refractivity contribution < 1.29 is 28.5 Å². The van der Waals surface area contributed by atoms with Gasteiger partial charge in [-0.15, -0.1) is 0 Å². The zero-order chi connectivity index (χ0) is 23.9. The van der Waals surface area contributed by atoms with Gasteiger partial charge in [0.2, 0.25) is 5.90 Å². The van der Waals surface area contributed by atoms with Crippen molar-refractivity contribution in [2.24, 2.45) is 4.99 Å². The lowest BCUT2D eigenvalue weighted by Gasteiger charge is -2.11. The third-order valence-electron chi connectivity index (χ3n) is 4.83. The molecule has 0 aromatic heterocycles. The first-order valence-electron chi connectivity index (χ1n) is 10.9. The number of nitrogens with zero attached hydrogens (tertiary/aromatic N) is 1. The molecule has 172 valence electrons. The van der Waals surface area contributed by atoms with Gasteiger partial charge < -0.3 is 18.9 Å². The van der Waals surface area contributed by atoms with Gasteiger partial charge in [-0.2, -0.15) is 0 Å². The SMILES string of the molecule is CCOc1ccc(C2=N/C(=C\c3ccccc3OC(=O)c3ccccc3)C(=O)O2)cc1OCC. The van der Waals surface area contributed by atoms with Crippen LogP contribution in [0.4, 0.5) is 0 Å². The number of para-hydroxylation sites is 1. The summed E-state index contributed by atoms with van der Waals surface area (Å²) in [5, 5.41) is 0. The van der Waals surface area contributed by atoms with Crippen molar-refractivity contribution in [1.29, 1.82) is 0 Å². The lowest BCUT2D eigenvalue weighted by atomic mass is 10.1. The molecule has 4 rings (SSSR count). The summed E-state index contributed by atoms with van der Waals surface area (Å²) in [6.07, 6.45) is 1.53. The Labute approximate surface area is 197 Å². The van der Waals surface area contributed by atoms with Crippen LogP contribution in [0.5, 0.6) is 17.2 Å². The minimum absolute atomic E-state index is 0.0880. The zero-order valence-corrected chi connectivity index (χ0v) is 18.8. The van der Waals surface area contributed by atoms with E-state index in [1.807, 2.05) is 19.9 Å². The van der Waals surface area contributed by atoms with Crippen molar-refractivity contribution >= 4 is 23.9 Å². The first-order chi connectivity index (χ1) is 16.6. The molecule has 0 N–H and O–H groups in total. The molecule has 0 fully saturated rings. The Morgan fingerprint density at radius 2 is 1.59 bits per heavy atom. The van der Waals surface area contributed by atoms with Gasteiger partial charge in [-0.1, -0.05) is 36.4 Å². The topological polar surface area (TPSA) is 83.4 Å². The largest absolute Gasteiger partial charge is 0.490 e. The third-order valence-corrected chi connectivity index (χ3v) is 4.83. The summed E-state index contributed by atoms with van der Waals surface area (Å²) in [4.78, 5) is 29.4. The molecule has 3 aromatic carbocycles. The zero-order valence-electron chi connectivity index (χ0n) is 18.8. The average molecular weight is 457 g/mol. The number of hydrogen-bond donors (Lipinski definition) is 0. The predicted octanol–water partition coefficient (Wildman–Crippen LogP) is 5.05. The predicted molar refractivity (Wildman–Crippen MR) is 127 cm³/mol. The molecule has 1 heterocycles. The number of benzene rings is 3. The molecule has 0 saturated heterocycles. The number of carbonyl (C=O) groups is 2. The number of esters is 2. The van der Waals surface area contributed by atoms with Crippen LogP contribution in [0.25, 0.3) is 6.08 Å². The smallest absolute Gasteiger partial charge is 0.363 e. The molecule has 34 heavy (non-hydrogen) atoms. The Morgan fingerprint density at radius 1 is 0.882 bits per heavy atom. The molecule has 0 aliphatic carbocycles. The van der Waals surface area contributed by atoms with E-state index in [1.165, 1.54) is 6.08 Å². The second-order valence-corrected chi connectivity index (χ2v) is 7.16. The Bertz CT molecular complexity index is 1260. The first kappa shape index (κ1) is 22.8.